The van der Waals surface area contributed by atoms with E-state index in [1.807, 2.05) is 18.2 Å². The molecular formula is C16H23NO3. The van der Waals surface area contributed by atoms with Gasteiger partial charge in [-0.25, -0.2) is 0 Å². The normalized spacial score (nSPS) is 17.1. The van der Waals surface area contributed by atoms with Gasteiger partial charge >= 0.3 is 5.97 Å². The fourth-order valence-corrected chi connectivity index (χ4v) is 2.66. The molecule has 0 bridgehead atoms. The molecule has 0 aromatic heterocycles. The van der Waals surface area contributed by atoms with Crippen LogP contribution in [0, 0.1) is 0 Å². The maximum Gasteiger partial charge on any atom is 0.309 e. The van der Waals surface area contributed by atoms with E-state index in [0.717, 1.165) is 38.0 Å². The minimum atomic E-state index is -0.185. The standard InChI is InChI=1S/C16H23NO3/c1-19-15-7-9-17(10-8-15)12-14-6-4-3-5-13(14)11-16(18)20-2/h3-6,15H,7-12H2,1-2H3. The molecule has 2 rings (SSSR count). The minimum absolute atomic E-state index is 0.185. The van der Waals surface area contributed by atoms with Crippen molar-refractivity contribution < 1.29 is 14.3 Å². The Labute approximate surface area is 120 Å². The molecule has 20 heavy (non-hydrogen) atoms. The first-order chi connectivity index (χ1) is 9.72. The lowest BCUT2D eigenvalue weighted by molar-refractivity contribution is -0.139. The molecule has 0 spiro atoms. The largest absolute Gasteiger partial charge is 0.469 e. The van der Waals surface area contributed by atoms with Gasteiger partial charge in [0.05, 0.1) is 19.6 Å². The lowest BCUT2D eigenvalue weighted by Crippen LogP contribution is -2.36. The summed E-state index contributed by atoms with van der Waals surface area (Å²) in [6, 6.07) is 8.10. The van der Waals surface area contributed by atoms with E-state index in [1.54, 1.807) is 7.11 Å². The summed E-state index contributed by atoms with van der Waals surface area (Å²) in [5.74, 6) is -0.185. The Morgan fingerprint density at radius 1 is 1.20 bits per heavy atom. The van der Waals surface area contributed by atoms with Crippen molar-refractivity contribution in [1.29, 1.82) is 0 Å². The molecule has 4 nitrogen and oxygen atoms in total. The maximum atomic E-state index is 11.5. The van der Waals surface area contributed by atoms with E-state index < -0.39 is 0 Å². The van der Waals surface area contributed by atoms with Crippen molar-refractivity contribution in [1.82, 2.24) is 4.90 Å². The second kappa shape index (κ2) is 7.41. The second-order valence-corrected chi connectivity index (χ2v) is 5.23. The summed E-state index contributed by atoms with van der Waals surface area (Å²) in [5, 5.41) is 0. The SMILES string of the molecule is COC(=O)Cc1ccccc1CN1CCC(OC)CC1. The minimum Gasteiger partial charge on any atom is -0.469 e. The summed E-state index contributed by atoms with van der Waals surface area (Å²) in [5.41, 5.74) is 2.28. The first-order valence-corrected chi connectivity index (χ1v) is 7.11. The van der Waals surface area contributed by atoms with Gasteiger partial charge in [-0.05, 0) is 24.0 Å². The van der Waals surface area contributed by atoms with E-state index in [0.29, 0.717) is 12.5 Å². The molecule has 1 fully saturated rings. The molecule has 0 radical (unpaired) electrons. The monoisotopic (exact) mass is 277 g/mol. The van der Waals surface area contributed by atoms with Crippen LogP contribution in [0.15, 0.2) is 24.3 Å². The third kappa shape index (κ3) is 4.05. The molecule has 0 N–H and O–H groups in total. The van der Waals surface area contributed by atoms with E-state index in [1.165, 1.54) is 12.7 Å². The van der Waals surface area contributed by atoms with E-state index in [4.69, 9.17) is 9.47 Å². The number of methoxy groups -OCH3 is 2. The van der Waals surface area contributed by atoms with Crippen LogP contribution in [0.2, 0.25) is 0 Å². The van der Waals surface area contributed by atoms with Gasteiger partial charge in [-0.2, -0.15) is 0 Å². The van der Waals surface area contributed by atoms with Crippen LogP contribution in [0.3, 0.4) is 0 Å². The Morgan fingerprint density at radius 3 is 2.45 bits per heavy atom. The fraction of sp³-hybridized carbons (Fsp3) is 0.562. The van der Waals surface area contributed by atoms with Gasteiger partial charge in [0.1, 0.15) is 0 Å². The van der Waals surface area contributed by atoms with Gasteiger partial charge in [0, 0.05) is 26.7 Å². The molecule has 0 amide bonds. The van der Waals surface area contributed by atoms with Gasteiger partial charge in [-0.15, -0.1) is 0 Å². The lowest BCUT2D eigenvalue weighted by atomic mass is 10.0. The Hall–Kier alpha value is -1.39. The molecule has 110 valence electrons. The summed E-state index contributed by atoms with van der Waals surface area (Å²) < 4.78 is 10.2. The molecule has 1 aromatic rings. The van der Waals surface area contributed by atoms with Gasteiger partial charge in [0.25, 0.3) is 0 Å². The molecule has 0 aliphatic carbocycles. The highest BCUT2D eigenvalue weighted by Gasteiger charge is 2.19. The Morgan fingerprint density at radius 2 is 1.85 bits per heavy atom. The number of hydrogen-bond acceptors (Lipinski definition) is 4. The molecule has 1 saturated heterocycles. The van der Waals surface area contributed by atoms with E-state index in [9.17, 15) is 4.79 Å². The van der Waals surface area contributed by atoms with Crippen LogP contribution < -0.4 is 0 Å². The van der Waals surface area contributed by atoms with Crippen LogP contribution in [0.1, 0.15) is 24.0 Å². The highest BCUT2D eigenvalue weighted by atomic mass is 16.5. The van der Waals surface area contributed by atoms with Gasteiger partial charge < -0.3 is 9.47 Å². The molecule has 1 aliphatic heterocycles. The third-order valence-electron chi connectivity index (χ3n) is 3.94. The number of carbonyl (C=O) groups is 1. The molecule has 0 unspecified atom stereocenters. The highest BCUT2D eigenvalue weighted by molar-refractivity contribution is 5.72. The van der Waals surface area contributed by atoms with Crippen molar-refractivity contribution in [2.24, 2.45) is 0 Å². The zero-order valence-corrected chi connectivity index (χ0v) is 12.3. The van der Waals surface area contributed by atoms with Gasteiger partial charge in [0.2, 0.25) is 0 Å². The molecule has 0 saturated carbocycles. The smallest absolute Gasteiger partial charge is 0.309 e. The molecule has 1 aromatic carbocycles. The van der Waals surface area contributed by atoms with Crippen LogP contribution >= 0.6 is 0 Å². The number of rotatable bonds is 5. The second-order valence-electron chi connectivity index (χ2n) is 5.23. The summed E-state index contributed by atoms with van der Waals surface area (Å²) in [4.78, 5) is 13.9. The average Bonchev–Trinajstić information content (AvgIpc) is 2.50. The summed E-state index contributed by atoms with van der Waals surface area (Å²) in [6.45, 7) is 2.99. The quantitative estimate of drug-likeness (QED) is 0.772. The first kappa shape index (κ1) is 15.0. The number of piperidine rings is 1. The Balaban J connectivity index is 1.97. The predicted octanol–water partition coefficient (Wildman–Crippen LogP) is 2.01. The van der Waals surface area contributed by atoms with Gasteiger partial charge in [0.15, 0.2) is 0 Å². The van der Waals surface area contributed by atoms with Crippen LogP contribution in [0.25, 0.3) is 0 Å². The molecule has 4 heteroatoms. The van der Waals surface area contributed by atoms with Crippen molar-refractivity contribution in [2.45, 2.75) is 31.9 Å². The summed E-state index contributed by atoms with van der Waals surface area (Å²) in [7, 11) is 3.21. The average molecular weight is 277 g/mol. The zero-order valence-electron chi connectivity index (χ0n) is 12.3. The Kier molecular flexibility index (Phi) is 5.56. The third-order valence-corrected chi connectivity index (χ3v) is 3.94. The zero-order chi connectivity index (χ0) is 14.4. The van der Waals surface area contributed by atoms with Crippen LogP contribution in [0.5, 0.6) is 0 Å². The van der Waals surface area contributed by atoms with Crippen molar-refractivity contribution in [3.8, 4) is 0 Å². The molecular weight excluding hydrogens is 254 g/mol. The number of hydrogen-bond donors (Lipinski definition) is 0. The number of benzene rings is 1. The van der Waals surface area contributed by atoms with Gasteiger partial charge in [-0.1, -0.05) is 24.3 Å². The number of likely N-dealkylation sites (tertiary alicyclic amines) is 1. The van der Waals surface area contributed by atoms with Crippen molar-refractivity contribution in [3.05, 3.63) is 35.4 Å². The number of ether oxygens (including phenoxy) is 2. The van der Waals surface area contributed by atoms with Crippen LogP contribution in [-0.2, 0) is 27.2 Å². The number of carbonyl (C=O) groups excluding carboxylic acids is 1. The van der Waals surface area contributed by atoms with Crippen molar-refractivity contribution >= 4 is 5.97 Å². The van der Waals surface area contributed by atoms with Gasteiger partial charge in [-0.3, -0.25) is 9.69 Å². The van der Waals surface area contributed by atoms with Crippen molar-refractivity contribution in [2.75, 3.05) is 27.3 Å². The van der Waals surface area contributed by atoms with E-state index >= 15 is 0 Å². The topological polar surface area (TPSA) is 38.8 Å². The predicted molar refractivity (Wildman–Crippen MR) is 77.5 cm³/mol. The van der Waals surface area contributed by atoms with Crippen molar-refractivity contribution in [3.63, 3.8) is 0 Å². The highest BCUT2D eigenvalue weighted by Crippen LogP contribution is 2.18. The molecule has 0 atom stereocenters. The van der Waals surface area contributed by atoms with Crippen LogP contribution in [-0.4, -0.2) is 44.3 Å². The van der Waals surface area contributed by atoms with E-state index in [-0.39, 0.29) is 5.97 Å². The van der Waals surface area contributed by atoms with E-state index in [2.05, 4.69) is 11.0 Å². The first-order valence-electron chi connectivity index (χ1n) is 7.11. The number of nitrogens with zero attached hydrogens (tertiary/aromatic N) is 1. The number of esters is 1. The fourth-order valence-electron chi connectivity index (χ4n) is 2.66. The molecule has 1 heterocycles. The Bertz CT molecular complexity index is 439. The summed E-state index contributed by atoms with van der Waals surface area (Å²) >= 11 is 0. The summed E-state index contributed by atoms with van der Waals surface area (Å²) in [6.07, 6.45) is 2.91. The maximum absolute atomic E-state index is 11.5. The van der Waals surface area contributed by atoms with Crippen LogP contribution in [0.4, 0.5) is 0 Å². The lowest BCUT2D eigenvalue weighted by Gasteiger charge is -2.31. The molecule has 1 aliphatic rings.